The van der Waals surface area contributed by atoms with Gasteiger partial charge in [0.05, 0.1) is 5.92 Å². The predicted octanol–water partition coefficient (Wildman–Crippen LogP) is 1.46. The second-order valence-corrected chi connectivity index (χ2v) is 6.33. The fourth-order valence-electron chi connectivity index (χ4n) is 3.00. The minimum Gasteiger partial charge on any atom is -0.355 e. The molecule has 0 unspecified atom stereocenters. The van der Waals surface area contributed by atoms with Crippen LogP contribution in [0.25, 0.3) is 5.82 Å². The monoisotopic (exact) mass is 348 g/mol. The first-order valence-corrected chi connectivity index (χ1v) is 8.66. The summed E-state index contributed by atoms with van der Waals surface area (Å²) in [4.78, 5) is 26.9. The van der Waals surface area contributed by atoms with E-state index in [1.54, 1.807) is 12.5 Å². The lowest BCUT2D eigenvalue weighted by Gasteiger charge is -2.39. The Morgan fingerprint density at radius 3 is 2.73 bits per heavy atom. The van der Waals surface area contributed by atoms with E-state index in [-0.39, 0.29) is 11.8 Å². The zero-order valence-electron chi connectivity index (χ0n) is 14.3. The third kappa shape index (κ3) is 3.56. The van der Waals surface area contributed by atoms with E-state index in [1.165, 1.54) is 11.9 Å². The summed E-state index contributed by atoms with van der Waals surface area (Å²) < 4.78 is 1.83. The molecule has 0 saturated carbocycles. The number of hydrogen-bond donors (Lipinski definition) is 1. The Balaban J connectivity index is 1.27. The van der Waals surface area contributed by atoms with Crippen LogP contribution in [0.2, 0.25) is 0 Å². The molecule has 0 bridgehead atoms. The molecular weight excluding hydrogens is 328 g/mol. The number of carbonyl (C=O) groups excluding carboxylic acids is 1. The van der Waals surface area contributed by atoms with Gasteiger partial charge in [-0.25, -0.2) is 15.0 Å². The minimum absolute atomic E-state index is 0.0115. The summed E-state index contributed by atoms with van der Waals surface area (Å²) in [5, 5.41) is 3.03. The topological polar surface area (TPSA) is 75.9 Å². The summed E-state index contributed by atoms with van der Waals surface area (Å²) in [6, 6.07) is 12.1. The van der Waals surface area contributed by atoms with Crippen LogP contribution in [0, 0.1) is 5.92 Å². The lowest BCUT2D eigenvalue weighted by molar-refractivity contribution is -0.125. The molecule has 1 amide bonds. The van der Waals surface area contributed by atoms with Crippen molar-refractivity contribution in [1.29, 1.82) is 0 Å². The molecule has 0 atom stereocenters. The number of anilines is 1. The number of benzene rings is 1. The molecular formula is C19H20N6O. The van der Waals surface area contributed by atoms with Gasteiger partial charge in [-0.2, -0.15) is 0 Å². The summed E-state index contributed by atoms with van der Waals surface area (Å²) in [6.07, 6.45) is 7.64. The van der Waals surface area contributed by atoms with Crippen LogP contribution in [-0.4, -0.2) is 45.1 Å². The number of nitrogens with one attached hydrogen (secondary N) is 1. The highest BCUT2D eigenvalue weighted by molar-refractivity contribution is 5.81. The SMILES string of the molecule is O=C(NCCc1ccccc1)C1CN(c2cc(-n3ccnc3)ncn2)C1. The lowest BCUT2D eigenvalue weighted by Crippen LogP contribution is -2.54. The average molecular weight is 348 g/mol. The van der Waals surface area contributed by atoms with Crippen LogP contribution >= 0.6 is 0 Å². The van der Waals surface area contributed by atoms with E-state index in [0.29, 0.717) is 19.6 Å². The molecule has 3 aromatic rings. The van der Waals surface area contributed by atoms with E-state index < -0.39 is 0 Å². The standard InChI is InChI=1S/C19H20N6O/c26-19(21-7-6-15-4-2-1-3-5-15)16-11-25(12-16)18-10-17(22-13-23-18)24-9-8-20-14-24/h1-5,8-10,13-14,16H,6-7,11-12H2,(H,21,26). The lowest BCUT2D eigenvalue weighted by atomic mass is 9.99. The maximum atomic E-state index is 12.3. The second-order valence-electron chi connectivity index (χ2n) is 6.33. The average Bonchev–Trinajstić information content (AvgIpc) is 3.16. The van der Waals surface area contributed by atoms with Gasteiger partial charge in [0.2, 0.25) is 5.91 Å². The zero-order valence-corrected chi connectivity index (χ0v) is 14.3. The van der Waals surface area contributed by atoms with Crippen LogP contribution in [0.1, 0.15) is 5.56 Å². The fourth-order valence-corrected chi connectivity index (χ4v) is 3.00. The van der Waals surface area contributed by atoms with Crippen molar-refractivity contribution in [3.05, 3.63) is 67.0 Å². The molecule has 26 heavy (non-hydrogen) atoms. The first-order chi connectivity index (χ1) is 12.8. The van der Waals surface area contributed by atoms with Crippen molar-refractivity contribution >= 4 is 11.7 Å². The third-order valence-electron chi connectivity index (χ3n) is 4.54. The highest BCUT2D eigenvalue weighted by atomic mass is 16.2. The second kappa shape index (κ2) is 7.35. The summed E-state index contributed by atoms with van der Waals surface area (Å²) in [5.41, 5.74) is 1.23. The van der Waals surface area contributed by atoms with Crippen molar-refractivity contribution in [1.82, 2.24) is 24.8 Å². The summed E-state index contributed by atoms with van der Waals surface area (Å²) in [5.74, 6) is 1.72. The molecule has 3 heterocycles. The highest BCUT2D eigenvalue weighted by Gasteiger charge is 2.33. The van der Waals surface area contributed by atoms with Gasteiger partial charge in [-0.15, -0.1) is 0 Å². The number of nitrogens with zero attached hydrogens (tertiary/aromatic N) is 5. The molecule has 0 spiro atoms. The van der Waals surface area contributed by atoms with Crippen LogP contribution in [0.5, 0.6) is 0 Å². The van der Waals surface area contributed by atoms with Gasteiger partial charge in [-0.05, 0) is 12.0 Å². The first-order valence-electron chi connectivity index (χ1n) is 8.66. The maximum absolute atomic E-state index is 12.3. The number of hydrogen-bond acceptors (Lipinski definition) is 5. The molecule has 7 heteroatoms. The third-order valence-corrected chi connectivity index (χ3v) is 4.54. The number of carbonyl (C=O) groups is 1. The van der Waals surface area contributed by atoms with Crippen molar-refractivity contribution in [2.45, 2.75) is 6.42 Å². The van der Waals surface area contributed by atoms with Crippen molar-refractivity contribution < 1.29 is 4.79 Å². The van der Waals surface area contributed by atoms with Crippen molar-refractivity contribution in [3.8, 4) is 5.82 Å². The fraction of sp³-hybridized carbons (Fsp3) is 0.263. The van der Waals surface area contributed by atoms with E-state index in [2.05, 4.69) is 37.3 Å². The Hall–Kier alpha value is -3.22. The van der Waals surface area contributed by atoms with Crippen LogP contribution in [-0.2, 0) is 11.2 Å². The van der Waals surface area contributed by atoms with Crippen molar-refractivity contribution in [2.24, 2.45) is 5.92 Å². The van der Waals surface area contributed by atoms with Crippen molar-refractivity contribution in [3.63, 3.8) is 0 Å². The molecule has 1 aliphatic rings. The summed E-state index contributed by atoms with van der Waals surface area (Å²) in [7, 11) is 0. The summed E-state index contributed by atoms with van der Waals surface area (Å²) in [6.45, 7) is 2.02. The molecule has 1 aromatic carbocycles. The zero-order chi connectivity index (χ0) is 17.8. The van der Waals surface area contributed by atoms with E-state index in [9.17, 15) is 4.79 Å². The van der Waals surface area contributed by atoms with Gasteiger partial charge in [-0.3, -0.25) is 9.36 Å². The van der Waals surface area contributed by atoms with E-state index in [4.69, 9.17) is 0 Å². The molecule has 2 aromatic heterocycles. The largest absolute Gasteiger partial charge is 0.355 e. The number of imidazole rings is 1. The molecule has 1 aliphatic heterocycles. The number of amides is 1. The van der Waals surface area contributed by atoms with Gasteiger partial charge < -0.3 is 10.2 Å². The van der Waals surface area contributed by atoms with Gasteiger partial charge in [0, 0.05) is 38.1 Å². The van der Waals surface area contributed by atoms with Gasteiger partial charge >= 0.3 is 0 Å². The number of aromatic nitrogens is 4. The van der Waals surface area contributed by atoms with Crippen LogP contribution in [0.15, 0.2) is 61.4 Å². The van der Waals surface area contributed by atoms with Crippen LogP contribution in [0.4, 0.5) is 5.82 Å². The van der Waals surface area contributed by atoms with Crippen molar-refractivity contribution in [2.75, 3.05) is 24.5 Å². The van der Waals surface area contributed by atoms with Gasteiger partial charge in [0.1, 0.15) is 24.3 Å². The molecule has 0 aliphatic carbocycles. The summed E-state index contributed by atoms with van der Waals surface area (Å²) >= 11 is 0. The number of rotatable bonds is 6. The molecule has 0 radical (unpaired) electrons. The molecule has 1 N–H and O–H groups in total. The molecule has 7 nitrogen and oxygen atoms in total. The Labute approximate surface area is 151 Å². The molecule has 4 rings (SSSR count). The van der Waals surface area contributed by atoms with E-state index >= 15 is 0 Å². The van der Waals surface area contributed by atoms with Gasteiger partial charge in [0.25, 0.3) is 0 Å². The normalized spacial score (nSPS) is 14.1. The Morgan fingerprint density at radius 1 is 1.15 bits per heavy atom. The Kier molecular flexibility index (Phi) is 4.59. The Bertz CT molecular complexity index is 859. The van der Waals surface area contributed by atoms with Crippen LogP contribution in [0.3, 0.4) is 0 Å². The van der Waals surface area contributed by atoms with Crippen LogP contribution < -0.4 is 10.2 Å². The van der Waals surface area contributed by atoms with E-state index in [1.807, 2.05) is 35.0 Å². The quantitative estimate of drug-likeness (QED) is 0.730. The highest BCUT2D eigenvalue weighted by Crippen LogP contribution is 2.23. The Morgan fingerprint density at radius 2 is 1.96 bits per heavy atom. The smallest absolute Gasteiger partial charge is 0.226 e. The molecule has 132 valence electrons. The maximum Gasteiger partial charge on any atom is 0.226 e. The van der Waals surface area contributed by atoms with E-state index in [0.717, 1.165) is 18.1 Å². The van der Waals surface area contributed by atoms with Gasteiger partial charge in [-0.1, -0.05) is 30.3 Å². The first kappa shape index (κ1) is 16.3. The molecule has 1 fully saturated rings. The van der Waals surface area contributed by atoms with Gasteiger partial charge in [0.15, 0.2) is 0 Å². The minimum atomic E-state index is 0.0115. The molecule has 1 saturated heterocycles. The predicted molar refractivity (Wildman–Crippen MR) is 98.0 cm³/mol.